The summed E-state index contributed by atoms with van der Waals surface area (Å²) in [5, 5.41) is 12.7. The van der Waals surface area contributed by atoms with E-state index in [1.54, 1.807) is 16.9 Å². The normalized spacial score (nSPS) is 11.0. The minimum atomic E-state index is -0.0816. The number of aryl methyl sites for hydroxylation is 2. The van der Waals surface area contributed by atoms with Crippen molar-refractivity contribution in [2.24, 2.45) is 0 Å². The first kappa shape index (κ1) is 19.9. The summed E-state index contributed by atoms with van der Waals surface area (Å²) in [6.45, 7) is 4.85. The van der Waals surface area contributed by atoms with Crippen molar-refractivity contribution in [2.75, 3.05) is 5.32 Å². The van der Waals surface area contributed by atoms with E-state index in [9.17, 15) is 4.79 Å². The van der Waals surface area contributed by atoms with Gasteiger partial charge in [-0.2, -0.15) is 10.2 Å². The summed E-state index contributed by atoms with van der Waals surface area (Å²) in [6.07, 6.45) is 3.85. The fourth-order valence-corrected chi connectivity index (χ4v) is 3.37. The molecule has 0 aliphatic rings. The molecule has 2 heterocycles. The molecule has 0 saturated carbocycles. The Morgan fingerprint density at radius 2 is 2.04 bits per heavy atom. The predicted molar refractivity (Wildman–Crippen MR) is 110 cm³/mol. The number of amides is 1. The van der Waals surface area contributed by atoms with Crippen LogP contribution in [0.1, 0.15) is 23.4 Å². The molecule has 3 aromatic rings. The van der Waals surface area contributed by atoms with E-state index in [-0.39, 0.29) is 5.91 Å². The lowest BCUT2D eigenvalue weighted by Gasteiger charge is -2.08. The van der Waals surface area contributed by atoms with E-state index in [1.807, 2.05) is 36.9 Å². The Bertz CT molecular complexity index is 982. The number of nitrogens with one attached hydrogen (secondary N) is 1. The number of carbonyl (C=O) groups is 1. The Morgan fingerprint density at radius 3 is 2.70 bits per heavy atom. The topological polar surface area (TPSA) is 64.7 Å². The number of rotatable bonds is 6. The van der Waals surface area contributed by atoms with Crippen molar-refractivity contribution in [3.8, 4) is 0 Å². The summed E-state index contributed by atoms with van der Waals surface area (Å²) < 4.78 is 4.45. The Balaban J connectivity index is 1.67. The maximum Gasteiger partial charge on any atom is 0.226 e. The van der Waals surface area contributed by atoms with Crippen LogP contribution in [0.2, 0.25) is 10.0 Å². The van der Waals surface area contributed by atoms with E-state index in [1.165, 1.54) is 0 Å². The van der Waals surface area contributed by atoms with Gasteiger partial charge in [0.25, 0.3) is 0 Å². The molecule has 0 unspecified atom stereocenters. The number of anilines is 1. The van der Waals surface area contributed by atoms with Crippen LogP contribution in [0.3, 0.4) is 0 Å². The van der Waals surface area contributed by atoms with E-state index in [2.05, 4.69) is 31.4 Å². The van der Waals surface area contributed by atoms with Crippen molar-refractivity contribution < 1.29 is 4.79 Å². The second-order valence-corrected chi connectivity index (χ2v) is 7.90. The number of benzene rings is 1. The third-order valence-electron chi connectivity index (χ3n) is 4.13. The van der Waals surface area contributed by atoms with Crippen LogP contribution in [0.15, 0.2) is 35.1 Å². The average Bonchev–Trinajstić information content (AvgIpc) is 3.15. The van der Waals surface area contributed by atoms with Gasteiger partial charge in [-0.3, -0.25) is 14.2 Å². The van der Waals surface area contributed by atoms with Crippen molar-refractivity contribution in [1.29, 1.82) is 0 Å². The molecule has 0 spiro atoms. The molecule has 1 aromatic carbocycles. The first-order valence-electron chi connectivity index (χ1n) is 8.29. The van der Waals surface area contributed by atoms with Gasteiger partial charge >= 0.3 is 0 Å². The van der Waals surface area contributed by atoms with Crippen LogP contribution in [0.5, 0.6) is 0 Å². The summed E-state index contributed by atoms with van der Waals surface area (Å²) in [6, 6.07) is 5.49. The van der Waals surface area contributed by atoms with E-state index in [0.29, 0.717) is 29.6 Å². The summed E-state index contributed by atoms with van der Waals surface area (Å²) in [4.78, 5) is 12.3. The fourth-order valence-electron chi connectivity index (χ4n) is 2.72. The standard InChI is InChI=1S/C18H18BrCl2N5O/c1-11-18(23-17(27)5-6-25-10-14(19)8-22-25)12(2)26(24-11)9-13-3-4-15(20)16(21)7-13/h3-4,7-8,10H,5-6,9H2,1-2H3,(H,23,27). The third-order valence-corrected chi connectivity index (χ3v) is 5.28. The molecule has 0 bridgehead atoms. The Hall–Kier alpha value is -1.83. The third kappa shape index (κ3) is 4.91. The van der Waals surface area contributed by atoms with E-state index < -0.39 is 0 Å². The Morgan fingerprint density at radius 1 is 1.26 bits per heavy atom. The van der Waals surface area contributed by atoms with Gasteiger partial charge < -0.3 is 5.32 Å². The quantitative estimate of drug-likeness (QED) is 0.560. The number of hydrogen-bond donors (Lipinski definition) is 1. The van der Waals surface area contributed by atoms with Crippen LogP contribution < -0.4 is 5.32 Å². The van der Waals surface area contributed by atoms with Crippen molar-refractivity contribution in [2.45, 2.75) is 33.4 Å². The lowest BCUT2D eigenvalue weighted by atomic mass is 10.2. The molecule has 27 heavy (non-hydrogen) atoms. The molecule has 0 atom stereocenters. The molecule has 0 saturated heterocycles. The molecule has 2 aromatic heterocycles. The first-order valence-corrected chi connectivity index (χ1v) is 9.84. The van der Waals surface area contributed by atoms with Gasteiger partial charge in [-0.05, 0) is 47.5 Å². The molecular formula is C18H18BrCl2N5O. The van der Waals surface area contributed by atoms with E-state index >= 15 is 0 Å². The highest BCUT2D eigenvalue weighted by molar-refractivity contribution is 9.10. The average molecular weight is 471 g/mol. The number of carbonyl (C=O) groups excluding carboxylic acids is 1. The summed E-state index contributed by atoms with van der Waals surface area (Å²) in [7, 11) is 0. The number of aromatic nitrogens is 4. The monoisotopic (exact) mass is 469 g/mol. The van der Waals surface area contributed by atoms with Gasteiger partial charge in [0.2, 0.25) is 5.91 Å². The molecule has 3 rings (SSSR count). The first-order chi connectivity index (χ1) is 12.8. The van der Waals surface area contributed by atoms with Crippen molar-refractivity contribution in [3.63, 3.8) is 0 Å². The maximum atomic E-state index is 12.3. The molecular weight excluding hydrogens is 453 g/mol. The number of hydrogen-bond acceptors (Lipinski definition) is 3. The molecule has 142 valence electrons. The van der Waals surface area contributed by atoms with Gasteiger partial charge in [-0.15, -0.1) is 0 Å². The van der Waals surface area contributed by atoms with Crippen molar-refractivity contribution in [1.82, 2.24) is 19.6 Å². The molecule has 6 nitrogen and oxygen atoms in total. The fraction of sp³-hybridized carbons (Fsp3) is 0.278. The number of halogens is 3. The molecule has 0 aliphatic heterocycles. The van der Waals surface area contributed by atoms with Crippen LogP contribution in [-0.4, -0.2) is 25.5 Å². The molecule has 0 aliphatic carbocycles. The Kier molecular flexibility index (Phi) is 6.24. The zero-order chi connectivity index (χ0) is 19.6. The van der Waals surface area contributed by atoms with Crippen molar-refractivity contribution >= 4 is 50.7 Å². The van der Waals surface area contributed by atoms with Gasteiger partial charge in [0.15, 0.2) is 0 Å². The minimum absolute atomic E-state index is 0.0816. The maximum absolute atomic E-state index is 12.3. The van der Waals surface area contributed by atoms with E-state index in [4.69, 9.17) is 23.2 Å². The largest absolute Gasteiger partial charge is 0.323 e. The van der Waals surface area contributed by atoms with Gasteiger partial charge in [0, 0.05) is 19.2 Å². The lowest BCUT2D eigenvalue weighted by Crippen LogP contribution is -2.15. The van der Waals surface area contributed by atoms with E-state index in [0.717, 1.165) is 27.1 Å². The van der Waals surface area contributed by atoms with Gasteiger partial charge in [-0.25, -0.2) is 0 Å². The zero-order valence-electron chi connectivity index (χ0n) is 14.8. The van der Waals surface area contributed by atoms with Gasteiger partial charge in [-0.1, -0.05) is 29.3 Å². The smallest absolute Gasteiger partial charge is 0.226 e. The minimum Gasteiger partial charge on any atom is -0.323 e. The van der Waals surface area contributed by atoms with Crippen LogP contribution >= 0.6 is 39.1 Å². The second kappa shape index (κ2) is 8.46. The summed E-state index contributed by atoms with van der Waals surface area (Å²) in [5.74, 6) is -0.0816. The van der Waals surface area contributed by atoms with Crippen LogP contribution in [0.4, 0.5) is 5.69 Å². The Labute approximate surface area is 175 Å². The number of nitrogens with zero attached hydrogens (tertiary/aromatic N) is 4. The predicted octanol–water partition coefficient (Wildman–Crippen LogP) is 4.84. The highest BCUT2D eigenvalue weighted by atomic mass is 79.9. The zero-order valence-corrected chi connectivity index (χ0v) is 17.9. The van der Waals surface area contributed by atoms with Crippen LogP contribution in [-0.2, 0) is 17.9 Å². The van der Waals surface area contributed by atoms with Crippen LogP contribution in [0, 0.1) is 13.8 Å². The summed E-state index contributed by atoms with van der Waals surface area (Å²) in [5.41, 5.74) is 3.37. The second-order valence-electron chi connectivity index (χ2n) is 6.17. The van der Waals surface area contributed by atoms with Crippen LogP contribution in [0.25, 0.3) is 0 Å². The highest BCUT2D eigenvalue weighted by Gasteiger charge is 2.15. The summed E-state index contributed by atoms with van der Waals surface area (Å²) >= 11 is 15.4. The molecule has 0 radical (unpaired) electrons. The molecule has 1 N–H and O–H groups in total. The SMILES string of the molecule is Cc1nn(Cc2ccc(Cl)c(Cl)c2)c(C)c1NC(=O)CCn1cc(Br)cn1. The molecule has 1 amide bonds. The lowest BCUT2D eigenvalue weighted by molar-refractivity contribution is -0.116. The molecule has 9 heteroatoms. The highest BCUT2D eigenvalue weighted by Crippen LogP contribution is 2.25. The molecule has 0 fully saturated rings. The van der Waals surface area contributed by atoms with Crippen molar-refractivity contribution in [3.05, 3.63) is 62.1 Å². The van der Waals surface area contributed by atoms with Gasteiger partial charge in [0.1, 0.15) is 0 Å². The van der Waals surface area contributed by atoms with Gasteiger partial charge in [0.05, 0.1) is 44.3 Å².